The Kier molecular flexibility index (Phi) is 4.36. The lowest BCUT2D eigenvalue weighted by Crippen LogP contribution is -2.23. The van der Waals surface area contributed by atoms with E-state index in [1.54, 1.807) is 40.7 Å². The van der Waals surface area contributed by atoms with E-state index < -0.39 is 17.2 Å². The van der Waals surface area contributed by atoms with E-state index in [1.165, 1.54) is 12.1 Å². The number of hydrogen-bond donors (Lipinski definition) is 1. The molecule has 0 unspecified atom stereocenters. The van der Waals surface area contributed by atoms with Crippen LogP contribution >= 0.6 is 11.3 Å². The summed E-state index contributed by atoms with van der Waals surface area (Å²) in [6, 6.07) is 4.60. The van der Waals surface area contributed by atoms with Gasteiger partial charge in [0.25, 0.3) is 0 Å². The van der Waals surface area contributed by atoms with Crippen LogP contribution in [0.5, 0.6) is 5.75 Å². The van der Waals surface area contributed by atoms with E-state index in [0.717, 1.165) is 11.3 Å². The summed E-state index contributed by atoms with van der Waals surface area (Å²) in [5.74, 6) is -0.448. The number of rotatable bonds is 2. The number of aryl methyl sites for hydroxylation is 2. The van der Waals surface area contributed by atoms with Crippen molar-refractivity contribution in [1.29, 1.82) is 0 Å². The zero-order chi connectivity index (χ0) is 19.2. The molecule has 0 aliphatic carbocycles. The molecule has 0 amide bonds. The standard InChI is InChI=1S/C19H19NO5S/c1-9-12-7-6-11(21)8-13(12)24-17(22)14(9)16-20-10(2)15(26-16)18(23)25-19(3,4)5/h6-8,21H,1-5H3. The van der Waals surface area contributed by atoms with Crippen LogP contribution in [0.15, 0.2) is 27.4 Å². The number of hydrogen-bond acceptors (Lipinski definition) is 7. The maximum Gasteiger partial charge on any atom is 0.350 e. The number of ether oxygens (including phenoxy) is 1. The van der Waals surface area contributed by atoms with Gasteiger partial charge in [0.15, 0.2) is 0 Å². The van der Waals surface area contributed by atoms with Gasteiger partial charge in [-0.3, -0.25) is 0 Å². The summed E-state index contributed by atoms with van der Waals surface area (Å²) in [4.78, 5) is 29.6. The van der Waals surface area contributed by atoms with E-state index in [-0.39, 0.29) is 5.75 Å². The fourth-order valence-electron chi connectivity index (χ4n) is 2.61. The minimum Gasteiger partial charge on any atom is -0.508 e. The second kappa shape index (κ2) is 6.25. The van der Waals surface area contributed by atoms with Gasteiger partial charge in [-0.05, 0) is 52.3 Å². The molecule has 0 spiro atoms. The Morgan fingerprint density at radius 1 is 1.27 bits per heavy atom. The van der Waals surface area contributed by atoms with Crippen molar-refractivity contribution in [3.63, 3.8) is 0 Å². The van der Waals surface area contributed by atoms with Crippen molar-refractivity contribution < 1.29 is 19.1 Å². The maximum atomic E-state index is 12.5. The summed E-state index contributed by atoms with van der Waals surface area (Å²) < 4.78 is 10.7. The number of thiazole rings is 1. The Balaban J connectivity index is 2.13. The first-order chi connectivity index (χ1) is 12.1. The summed E-state index contributed by atoms with van der Waals surface area (Å²) in [5, 5.41) is 10.7. The number of nitrogens with zero attached hydrogens (tertiary/aromatic N) is 1. The van der Waals surface area contributed by atoms with E-state index in [9.17, 15) is 14.7 Å². The van der Waals surface area contributed by atoms with Gasteiger partial charge in [0.05, 0.1) is 11.3 Å². The second-order valence-electron chi connectivity index (χ2n) is 7.01. The van der Waals surface area contributed by atoms with Gasteiger partial charge >= 0.3 is 11.6 Å². The molecule has 7 heteroatoms. The molecule has 2 heterocycles. The Hall–Kier alpha value is -2.67. The summed E-state index contributed by atoms with van der Waals surface area (Å²) in [5.41, 5.74) is 0.616. The number of aromatic hydroxyl groups is 1. The Morgan fingerprint density at radius 2 is 1.96 bits per heavy atom. The topological polar surface area (TPSA) is 89.6 Å². The summed E-state index contributed by atoms with van der Waals surface area (Å²) in [6.07, 6.45) is 0. The fraction of sp³-hybridized carbons (Fsp3) is 0.316. The SMILES string of the molecule is Cc1nc(-c2c(C)c3ccc(O)cc3oc2=O)sc1C(=O)OC(C)(C)C. The number of carbonyl (C=O) groups excluding carboxylic acids is 1. The molecular formula is C19H19NO5S. The summed E-state index contributed by atoms with van der Waals surface area (Å²) in [6.45, 7) is 8.87. The maximum absolute atomic E-state index is 12.5. The zero-order valence-corrected chi connectivity index (χ0v) is 16.0. The lowest BCUT2D eigenvalue weighted by atomic mass is 10.1. The first kappa shape index (κ1) is 18.1. The number of phenolic OH excluding ortho intramolecular Hbond substituents is 1. The first-order valence-corrected chi connectivity index (χ1v) is 8.86. The Bertz CT molecular complexity index is 1070. The summed E-state index contributed by atoms with van der Waals surface area (Å²) in [7, 11) is 0. The van der Waals surface area contributed by atoms with Gasteiger partial charge in [-0.1, -0.05) is 0 Å². The third-order valence-corrected chi connectivity index (χ3v) is 4.90. The largest absolute Gasteiger partial charge is 0.508 e. The van der Waals surface area contributed by atoms with Crippen LogP contribution in [0.3, 0.4) is 0 Å². The third kappa shape index (κ3) is 3.35. The van der Waals surface area contributed by atoms with Crippen LogP contribution in [0.1, 0.15) is 41.7 Å². The molecule has 6 nitrogen and oxygen atoms in total. The number of phenols is 1. The molecule has 2 aromatic heterocycles. The molecule has 0 atom stereocenters. The molecule has 0 bridgehead atoms. The molecule has 0 radical (unpaired) electrons. The van der Waals surface area contributed by atoms with Crippen molar-refractivity contribution in [2.24, 2.45) is 0 Å². The summed E-state index contributed by atoms with van der Waals surface area (Å²) >= 11 is 1.11. The molecule has 26 heavy (non-hydrogen) atoms. The molecular weight excluding hydrogens is 354 g/mol. The van der Waals surface area contributed by atoms with E-state index in [0.29, 0.717) is 37.7 Å². The van der Waals surface area contributed by atoms with Crippen LogP contribution in [0.4, 0.5) is 0 Å². The minimum atomic E-state index is -0.617. The highest BCUT2D eigenvalue weighted by Gasteiger charge is 2.25. The predicted octanol–water partition coefficient (Wildman–Crippen LogP) is 4.19. The van der Waals surface area contributed by atoms with E-state index >= 15 is 0 Å². The molecule has 0 saturated heterocycles. The average Bonchev–Trinajstić information content (AvgIpc) is 2.86. The monoisotopic (exact) mass is 373 g/mol. The number of carbonyl (C=O) groups is 1. The molecule has 3 aromatic rings. The third-order valence-electron chi connectivity index (χ3n) is 3.75. The minimum absolute atomic E-state index is 0.0186. The van der Waals surface area contributed by atoms with Gasteiger partial charge in [0, 0.05) is 11.5 Å². The first-order valence-electron chi connectivity index (χ1n) is 8.04. The molecule has 0 aliphatic heterocycles. The lowest BCUT2D eigenvalue weighted by Gasteiger charge is -2.18. The van der Waals surface area contributed by atoms with Gasteiger partial charge in [-0.15, -0.1) is 11.3 Å². The van der Waals surface area contributed by atoms with Gasteiger partial charge in [-0.25, -0.2) is 14.6 Å². The van der Waals surface area contributed by atoms with E-state index in [1.807, 2.05) is 0 Å². The quantitative estimate of drug-likeness (QED) is 0.535. The van der Waals surface area contributed by atoms with Crippen LogP contribution in [0, 0.1) is 13.8 Å². The zero-order valence-electron chi connectivity index (χ0n) is 15.2. The lowest BCUT2D eigenvalue weighted by molar-refractivity contribution is 0.00742. The Morgan fingerprint density at radius 3 is 2.62 bits per heavy atom. The Labute approximate surface area is 154 Å². The van der Waals surface area contributed by atoms with Crippen LogP contribution in [0.25, 0.3) is 21.5 Å². The smallest absolute Gasteiger partial charge is 0.350 e. The normalized spacial score (nSPS) is 11.7. The van der Waals surface area contributed by atoms with Crippen molar-refractivity contribution >= 4 is 28.3 Å². The molecule has 1 N–H and O–H groups in total. The van der Waals surface area contributed by atoms with Gasteiger partial charge in [0.2, 0.25) is 0 Å². The molecule has 136 valence electrons. The molecule has 1 aromatic carbocycles. The number of esters is 1. The van der Waals surface area contributed by atoms with Crippen LogP contribution in [0.2, 0.25) is 0 Å². The highest BCUT2D eigenvalue weighted by Crippen LogP contribution is 2.33. The predicted molar refractivity (Wildman–Crippen MR) is 99.9 cm³/mol. The highest BCUT2D eigenvalue weighted by molar-refractivity contribution is 7.17. The van der Waals surface area contributed by atoms with Crippen LogP contribution < -0.4 is 5.63 Å². The number of fused-ring (bicyclic) bond motifs is 1. The molecule has 0 saturated carbocycles. The second-order valence-corrected chi connectivity index (χ2v) is 8.00. The molecule has 0 fully saturated rings. The molecule has 0 aliphatic rings. The number of aromatic nitrogens is 1. The van der Waals surface area contributed by atoms with Crippen molar-refractivity contribution in [2.45, 2.75) is 40.2 Å². The van der Waals surface area contributed by atoms with Crippen LogP contribution in [-0.2, 0) is 4.74 Å². The molecule has 3 rings (SSSR count). The van der Waals surface area contributed by atoms with Crippen molar-refractivity contribution in [1.82, 2.24) is 4.98 Å². The van der Waals surface area contributed by atoms with Crippen molar-refractivity contribution in [2.75, 3.05) is 0 Å². The van der Waals surface area contributed by atoms with Crippen molar-refractivity contribution in [3.05, 3.63) is 44.8 Å². The van der Waals surface area contributed by atoms with Gasteiger partial charge in [-0.2, -0.15) is 0 Å². The van der Waals surface area contributed by atoms with E-state index in [2.05, 4.69) is 4.98 Å². The highest BCUT2D eigenvalue weighted by atomic mass is 32.1. The fourth-order valence-corrected chi connectivity index (χ4v) is 3.64. The average molecular weight is 373 g/mol. The van der Waals surface area contributed by atoms with Crippen LogP contribution in [-0.4, -0.2) is 21.7 Å². The van der Waals surface area contributed by atoms with Gasteiger partial charge in [0.1, 0.15) is 26.8 Å². The van der Waals surface area contributed by atoms with Crippen molar-refractivity contribution in [3.8, 4) is 16.3 Å². The number of benzene rings is 1. The van der Waals surface area contributed by atoms with E-state index in [4.69, 9.17) is 9.15 Å². The van der Waals surface area contributed by atoms with Gasteiger partial charge < -0.3 is 14.3 Å².